The summed E-state index contributed by atoms with van der Waals surface area (Å²) >= 11 is 7.82. The summed E-state index contributed by atoms with van der Waals surface area (Å²) in [5, 5.41) is 7.98. The molecule has 0 radical (unpaired) electrons. The maximum atomic E-state index is 12.7. The average molecular weight is 485 g/mol. The van der Waals surface area contributed by atoms with Gasteiger partial charge >= 0.3 is 0 Å². The molecule has 0 aliphatic carbocycles. The first kappa shape index (κ1) is 23.8. The first-order chi connectivity index (χ1) is 16.1. The number of hydrogen-bond acceptors (Lipinski definition) is 6. The minimum absolute atomic E-state index is 0.00355. The van der Waals surface area contributed by atoms with E-state index in [9.17, 15) is 4.79 Å². The van der Waals surface area contributed by atoms with Crippen molar-refractivity contribution in [3.05, 3.63) is 70.6 Å². The maximum Gasteiger partial charge on any atom is 0.241 e. The number of aryl methyl sites for hydroxylation is 1. The van der Waals surface area contributed by atoms with Crippen molar-refractivity contribution in [1.29, 1.82) is 0 Å². The fraction of sp³-hybridized carbons (Fsp3) is 0.400. The Morgan fingerprint density at radius 2 is 2.12 bits per heavy atom. The maximum absolute atomic E-state index is 12.7. The van der Waals surface area contributed by atoms with E-state index in [0.717, 1.165) is 41.5 Å². The van der Waals surface area contributed by atoms with Crippen LogP contribution < -0.4 is 5.32 Å². The Balaban J connectivity index is 1.19. The second kappa shape index (κ2) is 11.7. The first-order valence-electron chi connectivity index (χ1n) is 11.3. The smallest absolute Gasteiger partial charge is 0.241 e. The van der Waals surface area contributed by atoms with Crippen molar-refractivity contribution in [3.8, 4) is 11.4 Å². The minimum Gasteiger partial charge on any atom is -0.355 e. The highest BCUT2D eigenvalue weighted by Crippen LogP contribution is 2.21. The van der Waals surface area contributed by atoms with Gasteiger partial charge in [0.2, 0.25) is 17.6 Å². The number of halogens is 1. The van der Waals surface area contributed by atoms with Crippen LogP contribution in [0.15, 0.2) is 53.1 Å². The zero-order chi connectivity index (χ0) is 23.0. The van der Waals surface area contributed by atoms with E-state index in [1.807, 2.05) is 49.4 Å². The molecule has 1 amide bonds. The summed E-state index contributed by atoms with van der Waals surface area (Å²) in [4.78, 5) is 19.4. The van der Waals surface area contributed by atoms with Crippen molar-refractivity contribution in [1.82, 2.24) is 20.4 Å². The second-order valence-electron chi connectivity index (χ2n) is 8.43. The molecule has 2 heterocycles. The lowest BCUT2D eigenvalue weighted by Gasteiger charge is -2.30. The molecule has 1 aromatic heterocycles. The Kier molecular flexibility index (Phi) is 8.42. The van der Waals surface area contributed by atoms with Crippen molar-refractivity contribution >= 4 is 29.3 Å². The Morgan fingerprint density at radius 1 is 1.27 bits per heavy atom. The molecule has 1 aliphatic heterocycles. The molecule has 2 aromatic carbocycles. The van der Waals surface area contributed by atoms with E-state index in [1.54, 1.807) is 11.8 Å². The normalized spacial score (nSPS) is 16.6. The monoisotopic (exact) mass is 484 g/mol. The molecular formula is C25H29ClN4O2S. The third kappa shape index (κ3) is 7.06. The molecule has 1 unspecified atom stereocenters. The number of carbonyl (C=O) groups excluding carboxylic acids is 1. The van der Waals surface area contributed by atoms with Gasteiger partial charge in [-0.25, -0.2) is 0 Å². The Hall–Kier alpha value is -2.35. The van der Waals surface area contributed by atoms with Crippen LogP contribution in [0.2, 0.25) is 5.02 Å². The van der Waals surface area contributed by atoms with Gasteiger partial charge in [0.1, 0.15) is 0 Å². The van der Waals surface area contributed by atoms with Gasteiger partial charge in [0.25, 0.3) is 0 Å². The molecule has 8 heteroatoms. The minimum atomic E-state index is -0.00355. The number of thioether (sulfide) groups is 1. The number of likely N-dealkylation sites (tertiary alicyclic amines) is 1. The zero-order valence-corrected chi connectivity index (χ0v) is 20.4. The van der Waals surface area contributed by atoms with E-state index in [2.05, 4.69) is 26.4 Å². The molecule has 4 rings (SSSR count). The lowest BCUT2D eigenvalue weighted by atomic mass is 9.97. The predicted molar refractivity (Wildman–Crippen MR) is 133 cm³/mol. The van der Waals surface area contributed by atoms with Gasteiger partial charge in [0, 0.05) is 35.2 Å². The highest BCUT2D eigenvalue weighted by Gasteiger charge is 2.26. The van der Waals surface area contributed by atoms with E-state index in [-0.39, 0.29) is 11.8 Å². The molecule has 174 valence electrons. The van der Waals surface area contributed by atoms with Crippen LogP contribution >= 0.6 is 23.4 Å². The van der Waals surface area contributed by atoms with Gasteiger partial charge in [-0.3, -0.25) is 9.69 Å². The number of carbonyl (C=O) groups is 1. The van der Waals surface area contributed by atoms with Gasteiger partial charge in [-0.2, -0.15) is 16.7 Å². The Morgan fingerprint density at radius 3 is 2.94 bits per heavy atom. The summed E-state index contributed by atoms with van der Waals surface area (Å²) in [5.74, 6) is 3.08. The number of piperidine rings is 1. The molecule has 0 spiro atoms. The average Bonchev–Trinajstić information content (AvgIpc) is 3.28. The summed E-state index contributed by atoms with van der Waals surface area (Å²) in [6.07, 6.45) is 1.90. The number of hydrogen-bond donors (Lipinski definition) is 1. The molecule has 1 saturated heterocycles. The van der Waals surface area contributed by atoms with Crippen molar-refractivity contribution in [2.75, 3.05) is 25.4 Å². The summed E-state index contributed by atoms with van der Waals surface area (Å²) in [6, 6.07) is 16.0. The van der Waals surface area contributed by atoms with Crippen LogP contribution in [-0.2, 0) is 17.1 Å². The molecule has 0 saturated carbocycles. The molecule has 1 N–H and O–H groups in total. The van der Waals surface area contributed by atoms with Crippen LogP contribution in [0, 0.1) is 12.8 Å². The third-order valence-electron chi connectivity index (χ3n) is 5.72. The van der Waals surface area contributed by atoms with Gasteiger partial charge in [0.15, 0.2) is 0 Å². The molecule has 1 fully saturated rings. The van der Waals surface area contributed by atoms with Gasteiger partial charge in [-0.1, -0.05) is 58.7 Å². The largest absolute Gasteiger partial charge is 0.355 e. The van der Waals surface area contributed by atoms with Crippen molar-refractivity contribution < 1.29 is 9.32 Å². The van der Waals surface area contributed by atoms with E-state index in [1.165, 1.54) is 11.1 Å². The first-order valence-corrected chi connectivity index (χ1v) is 12.8. The van der Waals surface area contributed by atoms with Crippen LogP contribution in [-0.4, -0.2) is 46.3 Å². The van der Waals surface area contributed by atoms with Gasteiger partial charge in [-0.05, 0) is 44.0 Å². The number of aromatic nitrogens is 2. The SMILES string of the molecule is Cc1ccc(-c2noc(CN3CCCC(C(=O)NCCSCc4cccc(Cl)c4)C3)n2)cc1. The number of benzene rings is 2. The van der Waals surface area contributed by atoms with Crippen LogP contribution in [0.5, 0.6) is 0 Å². The highest BCUT2D eigenvalue weighted by molar-refractivity contribution is 7.98. The standard InChI is InChI=1S/C25H29ClN4O2S/c1-18-7-9-20(10-8-18)24-28-23(32-29-24)16-30-12-3-5-21(15-30)25(31)27-11-13-33-17-19-4-2-6-22(26)14-19/h2,4,6-10,14,21H,3,5,11-13,15-17H2,1H3,(H,27,31). The zero-order valence-electron chi connectivity index (χ0n) is 18.8. The summed E-state index contributed by atoms with van der Waals surface area (Å²) in [5.41, 5.74) is 3.34. The van der Waals surface area contributed by atoms with E-state index in [0.29, 0.717) is 31.3 Å². The number of rotatable bonds is 9. The lowest BCUT2D eigenvalue weighted by molar-refractivity contribution is -0.126. The van der Waals surface area contributed by atoms with Crippen LogP contribution in [0.1, 0.15) is 29.9 Å². The topological polar surface area (TPSA) is 71.3 Å². The van der Waals surface area contributed by atoms with E-state index < -0.39 is 0 Å². The molecule has 3 aromatic rings. The summed E-state index contributed by atoms with van der Waals surface area (Å²) < 4.78 is 5.47. The quantitative estimate of drug-likeness (QED) is 0.433. The third-order valence-corrected chi connectivity index (χ3v) is 6.98. The van der Waals surface area contributed by atoms with E-state index in [4.69, 9.17) is 16.1 Å². The fourth-order valence-corrected chi connectivity index (χ4v) is 4.97. The summed E-state index contributed by atoms with van der Waals surface area (Å²) in [7, 11) is 0. The van der Waals surface area contributed by atoms with Crippen LogP contribution in [0.3, 0.4) is 0 Å². The fourth-order valence-electron chi connectivity index (χ4n) is 3.95. The van der Waals surface area contributed by atoms with E-state index >= 15 is 0 Å². The highest BCUT2D eigenvalue weighted by atomic mass is 35.5. The molecule has 1 aliphatic rings. The number of amides is 1. The summed E-state index contributed by atoms with van der Waals surface area (Å²) in [6.45, 7) is 4.93. The van der Waals surface area contributed by atoms with Crippen LogP contribution in [0.25, 0.3) is 11.4 Å². The van der Waals surface area contributed by atoms with Crippen molar-refractivity contribution in [2.45, 2.75) is 32.1 Å². The van der Waals surface area contributed by atoms with Crippen molar-refractivity contribution in [2.24, 2.45) is 5.92 Å². The number of nitrogens with zero attached hydrogens (tertiary/aromatic N) is 3. The number of nitrogens with one attached hydrogen (secondary N) is 1. The molecule has 1 atom stereocenters. The van der Waals surface area contributed by atoms with Crippen LogP contribution in [0.4, 0.5) is 0 Å². The Bertz CT molecular complexity index is 1060. The van der Waals surface area contributed by atoms with Crippen molar-refractivity contribution in [3.63, 3.8) is 0 Å². The predicted octanol–water partition coefficient (Wildman–Crippen LogP) is 4.96. The lowest BCUT2D eigenvalue weighted by Crippen LogP contribution is -2.43. The molecular weight excluding hydrogens is 456 g/mol. The van der Waals surface area contributed by atoms with Gasteiger partial charge in [-0.15, -0.1) is 0 Å². The second-order valence-corrected chi connectivity index (χ2v) is 9.97. The van der Waals surface area contributed by atoms with Gasteiger partial charge < -0.3 is 9.84 Å². The Labute approximate surface area is 204 Å². The molecule has 0 bridgehead atoms. The molecule has 33 heavy (non-hydrogen) atoms. The molecule has 6 nitrogen and oxygen atoms in total. The van der Waals surface area contributed by atoms with Gasteiger partial charge in [0.05, 0.1) is 12.5 Å².